The largest absolute Gasteiger partial charge is 0.417 e. The van der Waals surface area contributed by atoms with Crippen molar-refractivity contribution >= 4 is 11.6 Å². The zero-order valence-electron chi connectivity index (χ0n) is 11.1. The maximum absolute atomic E-state index is 12.6. The normalized spacial score (nSPS) is 12.7. The summed E-state index contributed by atoms with van der Waals surface area (Å²) in [6.45, 7) is 0. The zero-order valence-corrected chi connectivity index (χ0v) is 11.1. The second kappa shape index (κ2) is 6.02. The van der Waals surface area contributed by atoms with Crippen molar-refractivity contribution in [3.8, 4) is 0 Å². The monoisotopic (exact) mass is 311 g/mol. The van der Waals surface area contributed by atoms with Gasteiger partial charge in [0, 0.05) is 6.20 Å². The molecule has 1 heterocycles. The summed E-state index contributed by atoms with van der Waals surface area (Å²) in [7, 11) is 0. The molecule has 0 bridgehead atoms. The van der Waals surface area contributed by atoms with Gasteiger partial charge in [0.25, 0.3) is 5.56 Å². The molecule has 2 rings (SSSR count). The molecule has 4 N–H and O–H groups in total. The Morgan fingerprint density at radius 1 is 1.23 bits per heavy atom. The number of nitrogens with two attached hydrogens (primary N) is 1. The minimum absolute atomic E-state index is 0.475. The van der Waals surface area contributed by atoms with Gasteiger partial charge in [0.15, 0.2) is 0 Å². The Hall–Kier alpha value is -2.61. The van der Waals surface area contributed by atoms with Gasteiger partial charge in [-0.1, -0.05) is 30.3 Å². The van der Waals surface area contributed by atoms with E-state index in [9.17, 15) is 22.8 Å². The summed E-state index contributed by atoms with van der Waals surface area (Å²) in [4.78, 5) is 25.4. The van der Waals surface area contributed by atoms with Crippen LogP contribution in [0.5, 0.6) is 0 Å². The number of H-pyrrole nitrogens is 1. The van der Waals surface area contributed by atoms with Gasteiger partial charge in [0.1, 0.15) is 11.7 Å². The number of nitrogens with one attached hydrogen (secondary N) is 2. The molecule has 1 aromatic carbocycles. The molecule has 0 fully saturated rings. The summed E-state index contributed by atoms with van der Waals surface area (Å²) in [5, 5.41) is 2.11. The van der Waals surface area contributed by atoms with E-state index in [-0.39, 0.29) is 0 Å². The second-order valence-corrected chi connectivity index (χ2v) is 4.51. The van der Waals surface area contributed by atoms with Gasteiger partial charge in [-0.3, -0.25) is 9.59 Å². The molecule has 1 amide bonds. The van der Waals surface area contributed by atoms with Crippen molar-refractivity contribution in [3.05, 3.63) is 64.1 Å². The van der Waals surface area contributed by atoms with E-state index in [1.54, 1.807) is 30.3 Å². The van der Waals surface area contributed by atoms with Crippen molar-refractivity contribution < 1.29 is 18.0 Å². The lowest BCUT2D eigenvalue weighted by atomic mass is 10.1. The van der Waals surface area contributed by atoms with Crippen molar-refractivity contribution in [3.63, 3.8) is 0 Å². The Balaban J connectivity index is 2.23. The average Bonchev–Trinajstić information content (AvgIpc) is 2.48. The van der Waals surface area contributed by atoms with E-state index >= 15 is 0 Å². The first-order valence-electron chi connectivity index (χ1n) is 6.20. The molecule has 0 radical (unpaired) electrons. The van der Waals surface area contributed by atoms with Crippen LogP contribution in [0.3, 0.4) is 0 Å². The molecule has 1 atom stereocenters. The second-order valence-electron chi connectivity index (χ2n) is 4.51. The number of halogens is 3. The third-order valence-corrected chi connectivity index (χ3v) is 2.93. The predicted octanol–water partition coefficient (Wildman–Crippen LogP) is 2.03. The van der Waals surface area contributed by atoms with Gasteiger partial charge in [-0.2, -0.15) is 13.2 Å². The van der Waals surface area contributed by atoms with Gasteiger partial charge < -0.3 is 16.0 Å². The van der Waals surface area contributed by atoms with Crippen LogP contribution in [-0.2, 0) is 11.0 Å². The highest BCUT2D eigenvalue weighted by atomic mass is 19.4. The number of rotatable bonds is 3. The first-order chi connectivity index (χ1) is 10.3. The molecule has 22 heavy (non-hydrogen) atoms. The lowest BCUT2D eigenvalue weighted by Crippen LogP contribution is -2.30. The Labute approximate surface area is 123 Å². The molecule has 0 aliphatic carbocycles. The minimum Gasteiger partial charge on any atom is -0.327 e. The average molecular weight is 311 g/mol. The molecule has 0 aliphatic rings. The highest BCUT2D eigenvalue weighted by molar-refractivity contribution is 5.95. The van der Waals surface area contributed by atoms with E-state index in [2.05, 4.69) is 5.32 Å². The number of aromatic amines is 1. The fourth-order valence-corrected chi connectivity index (χ4v) is 1.76. The third kappa shape index (κ3) is 3.53. The summed E-state index contributed by atoms with van der Waals surface area (Å²) >= 11 is 0. The van der Waals surface area contributed by atoms with E-state index in [4.69, 9.17) is 5.73 Å². The molecule has 0 saturated carbocycles. The molecule has 2 aromatic rings. The van der Waals surface area contributed by atoms with Crippen LogP contribution >= 0.6 is 0 Å². The smallest absolute Gasteiger partial charge is 0.327 e. The van der Waals surface area contributed by atoms with Gasteiger partial charge in [-0.25, -0.2) is 0 Å². The maximum atomic E-state index is 12.6. The molecule has 0 saturated heterocycles. The summed E-state index contributed by atoms with van der Waals surface area (Å²) < 4.78 is 37.8. The summed E-state index contributed by atoms with van der Waals surface area (Å²) in [6.07, 6.45) is -4.10. The van der Waals surface area contributed by atoms with Gasteiger partial charge in [0.05, 0.1) is 5.56 Å². The fraction of sp³-hybridized carbons (Fsp3) is 0.143. The Kier molecular flexibility index (Phi) is 4.32. The van der Waals surface area contributed by atoms with E-state index < -0.39 is 34.9 Å². The Morgan fingerprint density at radius 3 is 2.45 bits per heavy atom. The molecule has 1 aromatic heterocycles. The quantitative estimate of drug-likeness (QED) is 0.810. The van der Waals surface area contributed by atoms with Crippen LogP contribution in [0.2, 0.25) is 0 Å². The third-order valence-electron chi connectivity index (χ3n) is 2.93. The van der Waals surface area contributed by atoms with Crippen molar-refractivity contribution in [2.45, 2.75) is 12.2 Å². The van der Waals surface area contributed by atoms with Gasteiger partial charge in [-0.15, -0.1) is 0 Å². The Bertz CT molecular complexity index is 726. The van der Waals surface area contributed by atoms with Crippen LogP contribution < -0.4 is 16.6 Å². The number of aromatic nitrogens is 1. The number of pyridine rings is 1. The molecule has 5 nitrogen and oxygen atoms in total. The minimum atomic E-state index is -4.63. The van der Waals surface area contributed by atoms with Gasteiger partial charge in [-0.05, 0) is 11.6 Å². The summed E-state index contributed by atoms with van der Waals surface area (Å²) in [6, 6.07) is 7.72. The molecular weight excluding hydrogens is 299 g/mol. The zero-order chi connectivity index (χ0) is 16.3. The lowest BCUT2D eigenvalue weighted by molar-refractivity contribution is -0.137. The van der Waals surface area contributed by atoms with Crippen molar-refractivity contribution in [1.29, 1.82) is 0 Å². The highest BCUT2D eigenvalue weighted by Gasteiger charge is 2.31. The van der Waals surface area contributed by atoms with E-state index in [0.29, 0.717) is 17.8 Å². The van der Waals surface area contributed by atoms with Crippen LogP contribution in [-0.4, -0.2) is 10.9 Å². The van der Waals surface area contributed by atoms with Gasteiger partial charge >= 0.3 is 6.18 Å². The number of carbonyl (C=O) groups excluding carboxylic acids is 1. The van der Waals surface area contributed by atoms with E-state index in [0.717, 1.165) is 0 Å². The maximum Gasteiger partial charge on any atom is 0.417 e. The lowest BCUT2D eigenvalue weighted by Gasteiger charge is -2.13. The Morgan fingerprint density at radius 2 is 1.86 bits per heavy atom. The van der Waals surface area contributed by atoms with E-state index in [1.165, 1.54) is 0 Å². The first-order valence-corrected chi connectivity index (χ1v) is 6.20. The van der Waals surface area contributed by atoms with Crippen LogP contribution in [0.4, 0.5) is 18.9 Å². The standard InChI is InChI=1S/C14H12F3N3O2/c15-14(16,17)9-6-10(12(21)19-7-9)20-13(22)11(18)8-4-2-1-3-5-8/h1-7,11H,18H2,(H,19,21)(H,20,22)/t11-/m0/s1. The van der Waals surface area contributed by atoms with Crippen LogP contribution in [0, 0.1) is 0 Å². The summed E-state index contributed by atoms with van der Waals surface area (Å²) in [5.41, 5.74) is 3.76. The van der Waals surface area contributed by atoms with Gasteiger partial charge in [0.2, 0.25) is 5.91 Å². The van der Waals surface area contributed by atoms with Crippen LogP contribution in [0.25, 0.3) is 0 Å². The molecule has 116 valence electrons. The predicted molar refractivity (Wildman–Crippen MR) is 74.1 cm³/mol. The number of alkyl halides is 3. The number of benzene rings is 1. The fourth-order valence-electron chi connectivity index (χ4n) is 1.76. The van der Waals surface area contributed by atoms with Crippen LogP contribution in [0.1, 0.15) is 17.2 Å². The number of anilines is 1. The van der Waals surface area contributed by atoms with Crippen molar-refractivity contribution in [2.75, 3.05) is 5.32 Å². The first kappa shape index (κ1) is 15.8. The van der Waals surface area contributed by atoms with Crippen LogP contribution in [0.15, 0.2) is 47.4 Å². The molecule has 0 spiro atoms. The van der Waals surface area contributed by atoms with Crippen molar-refractivity contribution in [2.24, 2.45) is 5.73 Å². The molecule has 8 heteroatoms. The molecule has 0 aliphatic heterocycles. The topological polar surface area (TPSA) is 88.0 Å². The number of hydrogen-bond acceptors (Lipinski definition) is 3. The number of amides is 1. The summed E-state index contributed by atoms with van der Waals surface area (Å²) in [5.74, 6) is -0.781. The molecule has 0 unspecified atom stereocenters. The number of carbonyl (C=O) groups is 1. The highest BCUT2D eigenvalue weighted by Crippen LogP contribution is 2.29. The number of hydrogen-bond donors (Lipinski definition) is 3. The van der Waals surface area contributed by atoms with E-state index in [1.807, 2.05) is 4.98 Å². The molecular formula is C14H12F3N3O2. The SMILES string of the molecule is N[C@H](C(=O)Nc1cc(C(F)(F)F)c[nH]c1=O)c1ccccc1. The van der Waals surface area contributed by atoms with Crippen molar-refractivity contribution in [1.82, 2.24) is 4.98 Å².